The third-order valence-corrected chi connectivity index (χ3v) is 8.13. The summed E-state index contributed by atoms with van der Waals surface area (Å²) >= 11 is 6.49. The van der Waals surface area contributed by atoms with Crippen molar-refractivity contribution in [2.24, 2.45) is 5.41 Å². The van der Waals surface area contributed by atoms with Crippen LogP contribution in [-0.4, -0.2) is 52.8 Å². The monoisotopic (exact) mass is 524 g/mol. The number of likely N-dealkylation sites (tertiary alicyclic amines) is 1. The standard InChI is InChI=1S/C30H37ClN2O4/c1-37-23-10-11-26-24(19-23)29(25(31)21-32-26)27(34)12-13-30(20-28(35)36)14-17-33(18-15-30)16-6-5-9-22-7-3-2-4-8-22/h2-4,7-8,10-11,19,21,27,34H,5-6,9,12-18,20H2,1H3,(H,35,36)/t27-/m0/s1. The molecule has 0 spiro atoms. The van der Waals surface area contributed by atoms with Crippen molar-refractivity contribution < 1.29 is 19.7 Å². The molecule has 0 aliphatic carbocycles. The van der Waals surface area contributed by atoms with Gasteiger partial charge in [-0.25, -0.2) is 0 Å². The van der Waals surface area contributed by atoms with Crippen LogP contribution in [0, 0.1) is 5.41 Å². The number of piperidine rings is 1. The number of unbranched alkanes of at least 4 members (excludes halogenated alkanes) is 1. The number of halogens is 1. The van der Waals surface area contributed by atoms with Gasteiger partial charge in [-0.05, 0) is 93.8 Å². The number of carboxylic acids is 1. The van der Waals surface area contributed by atoms with Crippen LogP contribution in [-0.2, 0) is 11.2 Å². The fourth-order valence-electron chi connectivity index (χ4n) is 5.62. The molecule has 0 unspecified atom stereocenters. The zero-order valence-electron chi connectivity index (χ0n) is 21.5. The summed E-state index contributed by atoms with van der Waals surface area (Å²) < 4.78 is 5.36. The van der Waals surface area contributed by atoms with E-state index in [-0.39, 0.29) is 11.8 Å². The van der Waals surface area contributed by atoms with Gasteiger partial charge in [-0.1, -0.05) is 41.9 Å². The first kappa shape index (κ1) is 27.4. The molecule has 0 amide bonds. The molecule has 7 heteroatoms. The van der Waals surface area contributed by atoms with E-state index in [9.17, 15) is 15.0 Å². The Hall–Kier alpha value is -2.67. The van der Waals surface area contributed by atoms with Crippen LogP contribution < -0.4 is 4.74 Å². The number of hydrogen-bond acceptors (Lipinski definition) is 5. The summed E-state index contributed by atoms with van der Waals surface area (Å²) in [5, 5.41) is 22.1. The molecular weight excluding hydrogens is 488 g/mol. The van der Waals surface area contributed by atoms with Crippen molar-refractivity contribution in [2.45, 2.75) is 57.5 Å². The van der Waals surface area contributed by atoms with E-state index in [4.69, 9.17) is 16.3 Å². The molecule has 37 heavy (non-hydrogen) atoms. The number of ether oxygens (including phenoxy) is 1. The van der Waals surface area contributed by atoms with Gasteiger partial charge in [0.1, 0.15) is 5.75 Å². The molecule has 2 N–H and O–H groups in total. The summed E-state index contributed by atoms with van der Waals surface area (Å²) in [6, 6.07) is 16.1. The van der Waals surface area contributed by atoms with E-state index in [2.05, 4.69) is 34.1 Å². The highest BCUT2D eigenvalue weighted by Gasteiger charge is 2.37. The predicted molar refractivity (Wildman–Crippen MR) is 147 cm³/mol. The number of pyridine rings is 1. The summed E-state index contributed by atoms with van der Waals surface area (Å²) in [6.07, 6.45) is 6.98. The van der Waals surface area contributed by atoms with Gasteiger partial charge in [0, 0.05) is 17.1 Å². The van der Waals surface area contributed by atoms with Gasteiger partial charge in [0.25, 0.3) is 0 Å². The summed E-state index contributed by atoms with van der Waals surface area (Å²) in [5.74, 6) is -0.105. The Bertz CT molecular complexity index is 1180. The van der Waals surface area contributed by atoms with E-state index in [1.807, 2.05) is 24.3 Å². The molecule has 1 aliphatic heterocycles. The average Bonchev–Trinajstić information content (AvgIpc) is 2.90. The number of fused-ring (bicyclic) bond motifs is 1. The third-order valence-electron chi connectivity index (χ3n) is 7.83. The molecule has 0 radical (unpaired) electrons. The molecule has 0 bridgehead atoms. The number of aliphatic hydroxyl groups excluding tert-OH is 1. The van der Waals surface area contributed by atoms with Crippen molar-refractivity contribution in [2.75, 3.05) is 26.7 Å². The van der Waals surface area contributed by atoms with Gasteiger partial charge in [-0.15, -0.1) is 0 Å². The number of benzene rings is 2. The Balaban J connectivity index is 1.35. The van der Waals surface area contributed by atoms with Crippen molar-refractivity contribution in [3.63, 3.8) is 0 Å². The fourth-order valence-corrected chi connectivity index (χ4v) is 5.89. The molecule has 1 aromatic heterocycles. The Labute approximate surface area is 224 Å². The highest BCUT2D eigenvalue weighted by Crippen LogP contribution is 2.43. The van der Waals surface area contributed by atoms with Crippen molar-refractivity contribution >= 4 is 28.5 Å². The second-order valence-corrected chi connectivity index (χ2v) is 10.7. The van der Waals surface area contributed by atoms with Crippen molar-refractivity contribution in [1.29, 1.82) is 0 Å². The topological polar surface area (TPSA) is 82.9 Å². The lowest BCUT2D eigenvalue weighted by Crippen LogP contribution is -2.41. The van der Waals surface area contributed by atoms with Crippen LogP contribution in [0.5, 0.6) is 5.75 Å². The van der Waals surface area contributed by atoms with Crippen LogP contribution in [0.4, 0.5) is 0 Å². The van der Waals surface area contributed by atoms with Crippen molar-refractivity contribution in [1.82, 2.24) is 9.88 Å². The van der Waals surface area contributed by atoms with E-state index in [1.165, 1.54) is 5.56 Å². The Morgan fingerprint density at radius 3 is 2.62 bits per heavy atom. The van der Waals surface area contributed by atoms with E-state index in [0.29, 0.717) is 29.2 Å². The SMILES string of the molecule is COc1ccc2ncc(Cl)c([C@@H](O)CCC3(CC(=O)O)CCN(CCCCc4ccccc4)CC3)c2c1. The molecule has 2 aromatic carbocycles. The number of carbonyl (C=O) groups is 1. The van der Waals surface area contributed by atoms with Gasteiger partial charge < -0.3 is 19.8 Å². The van der Waals surface area contributed by atoms with Gasteiger partial charge in [0.05, 0.1) is 30.2 Å². The molecule has 6 nitrogen and oxygen atoms in total. The summed E-state index contributed by atoms with van der Waals surface area (Å²) in [5.41, 5.74) is 2.42. The number of nitrogens with zero attached hydrogens (tertiary/aromatic N) is 2. The van der Waals surface area contributed by atoms with E-state index >= 15 is 0 Å². The van der Waals surface area contributed by atoms with E-state index in [0.717, 1.165) is 62.6 Å². The highest BCUT2D eigenvalue weighted by molar-refractivity contribution is 6.32. The molecule has 3 aromatic rings. The lowest BCUT2D eigenvalue weighted by molar-refractivity contribution is -0.141. The zero-order chi connectivity index (χ0) is 26.3. The first-order chi connectivity index (χ1) is 17.9. The lowest BCUT2D eigenvalue weighted by atomic mass is 9.71. The largest absolute Gasteiger partial charge is 0.497 e. The average molecular weight is 525 g/mol. The van der Waals surface area contributed by atoms with Crippen LogP contribution in [0.3, 0.4) is 0 Å². The fraction of sp³-hybridized carbons (Fsp3) is 0.467. The normalized spacial score (nSPS) is 16.5. The van der Waals surface area contributed by atoms with Gasteiger partial charge in [-0.3, -0.25) is 9.78 Å². The smallest absolute Gasteiger partial charge is 0.303 e. The minimum absolute atomic E-state index is 0.125. The second-order valence-electron chi connectivity index (χ2n) is 10.3. The number of rotatable bonds is 12. The number of hydrogen-bond donors (Lipinski definition) is 2. The Morgan fingerprint density at radius 2 is 1.92 bits per heavy atom. The molecule has 1 atom stereocenters. The number of aliphatic hydroxyl groups is 1. The van der Waals surface area contributed by atoms with Crippen molar-refractivity contribution in [3.05, 3.63) is 70.9 Å². The van der Waals surface area contributed by atoms with Crippen molar-refractivity contribution in [3.8, 4) is 5.75 Å². The summed E-state index contributed by atoms with van der Waals surface area (Å²) in [4.78, 5) is 18.6. The first-order valence-corrected chi connectivity index (χ1v) is 13.6. The van der Waals surface area contributed by atoms with Crippen LogP contribution in [0.15, 0.2) is 54.7 Å². The Morgan fingerprint density at radius 1 is 1.16 bits per heavy atom. The van der Waals surface area contributed by atoms with Crippen LogP contribution >= 0.6 is 11.6 Å². The molecule has 1 fully saturated rings. The quantitative estimate of drug-likeness (QED) is 0.271. The summed E-state index contributed by atoms with van der Waals surface area (Å²) in [7, 11) is 1.60. The molecule has 1 saturated heterocycles. The van der Waals surface area contributed by atoms with Gasteiger partial charge in [0.2, 0.25) is 0 Å². The number of aromatic nitrogens is 1. The van der Waals surface area contributed by atoms with E-state index in [1.54, 1.807) is 13.3 Å². The Kier molecular flexibility index (Phi) is 9.41. The molecule has 198 valence electrons. The number of carboxylic acid groups (broad SMARTS) is 1. The van der Waals surface area contributed by atoms with Gasteiger partial charge in [-0.2, -0.15) is 0 Å². The maximum absolute atomic E-state index is 11.8. The minimum Gasteiger partial charge on any atom is -0.497 e. The van der Waals surface area contributed by atoms with Gasteiger partial charge in [0.15, 0.2) is 0 Å². The molecule has 0 saturated carbocycles. The highest BCUT2D eigenvalue weighted by atomic mass is 35.5. The van der Waals surface area contributed by atoms with E-state index < -0.39 is 12.1 Å². The van der Waals surface area contributed by atoms with Crippen LogP contribution in [0.2, 0.25) is 5.02 Å². The zero-order valence-corrected chi connectivity index (χ0v) is 22.3. The molecule has 4 rings (SSSR count). The van der Waals surface area contributed by atoms with Gasteiger partial charge >= 0.3 is 5.97 Å². The lowest BCUT2D eigenvalue weighted by Gasteiger charge is -2.41. The maximum Gasteiger partial charge on any atom is 0.303 e. The minimum atomic E-state index is -0.813. The second kappa shape index (κ2) is 12.7. The molecular formula is C30H37ClN2O4. The maximum atomic E-state index is 11.8. The summed E-state index contributed by atoms with van der Waals surface area (Å²) in [6.45, 7) is 2.83. The van der Waals surface area contributed by atoms with Crippen LogP contribution in [0.1, 0.15) is 62.2 Å². The number of aryl methyl sites for hydroxylation is 1. The number of methoxy groups -OCH3 is 1. The number of aliphatic carboxylic acids is 1. The first-order valence-electron chi connectivity index (χ1n) is 13.2. The molecule has 1 aliphatic rings. The third kappa shape index (κ3) is 7.22. The van der Waals surface area contributed by atoms with Crippen LogP contribution in [0.25, 0.3) is 10.9 Å². The molecule has 2 heterocycles. The predicted octanol–water partition coefficient (Wildman–Crippen LogP) is 6.29.